The number of sulfonamides is 1. The number of hydrogen-bond acceptors (Lipinski definition) is 4. The van der Waals surface area contributed by atoms with Crippen LogP contribution in [0.3, 0.4) is 0 Å². The fourth-order valence-corrected chi connectivity index (χ4v) is 3.36. The van der Waals surface area contributed by atoms with E-state index in [1.165, 1.54) is 18.2 Å². The molecule has 1 amide bonds. The van der Waals surface area contributed by atoms with E-state index in [1.54, 1.807) is 25.1 Å². The smallest absolute Gasteiger partial charge is 0.244 e. The average molecular weight is 388 g/mol. The van der Waals surface area contributed by atoms with Crippen molar-refractivity contribution in [1.82, 2.24) is 10.0 Å². The van der Waals surface area contributed by atoms with Crippen LogP contribution in [0.2, 0.25) is 0 Å². The zero-order valence-electron chi connectivity index (χ0n) is 15.4. The van der Waals surface area contributed by atoms with Gasteiger partial charge in [-0.1, -0.05) is 37.3 Å². The van der Waals surface area contributed by atoms with Gasteiger partial charge in [0.25, 0.3) is 0 Å². The predicted molar refractivity (Wildman–Crippen MR) is 106 cm³/mol. The number of ether oxygens (including phenoxy) is 1. The molecule has 0 saturated carbocycles. The maximum Gasteiger partial charge on any atom is 0.244 e. The summed E-state index contributed by atoms with van der Waals surface area (Å²) >= 11 is 0. The Bertz CT molecular complexity index is 890. The molecule has 0 fully saturated rings. The molecular formula is C20H24N2O4S. The first-order valence-electron chi connectivity index (χ1n) is 8.66. The van der Waals surface area contributed by atoms with E-state index >= 15 is 0 Å². The third kappa shape index (κ3) is 6.54. The minimum atomic E-state index is -3.47. The first-order chi connectivity index (χ1) is 12.9. The van der Waals surface area contributed by atoms with Crippen molar-refractivity contribution in [2.24, 2.45) is 0 Å². The van der Waals surface area contributed by atoms with E-state index in [1.807, 2.05) is 31.2 Å². The highest BCUT2D eigenvalue weighted by molar-refractivity contribution is 7.89. The highest BCUT2D eigenvalue weighted by Gasteiger charge is 2.11. The second-order valence-electron chi connectivity index (χ2n) is 5.81. The number of benzene rings is 2. The van der Waals surface area contributed by atoms with Crippen LogP contribution in [-0.2, 0) is 14.8 Å². The number of carbonyl (C=O) groups is 1. The molecule has 0 spiro atoms. The molecule has 27 heavy (non-hydrogen) atoms. The Balaban J connectivity index is 1.80. The van der Waals surface area contributed by atoms with Crippen molar-refractivity contribution in [2.45, 2.75) is 18.7 Å². The van der Waals surface area contributed by atoms with Gasteiger partial charge in [-0.2, -0.15) is 0 Å². The summed E-state index contributed by atoms with van der Waals surface area (Å²) in [5.41, 5.74) is 1.78. The summed E-state index contributed by atoms with van der Waals surface area (Å²) in [6, 6.07) is 14.0. The Morgan fingerprint density at radius 1 is 1.11 bits per heavy atom. The summed E-state index contributed by atoms with van der Waals surface area (Å²) in [5, 5.41) is 2.74. The highest BCUT2D eigenvalue weighted by atomic mass is 32.2. The number of para-hydroxylation sites is 1. The van der Waals surface area contributed by atoms with E-state index in [-0.39, 0.29) is 10.8 Å². The van der Waals surface area contributed by atoms with Crippen LogP contribution in [0.4, 0.5) is 0 Å². The number of rotatable bonds is 9. The molecule has 0 radical (unpaired) electrons. The second-order valence-corrected chi connectivity index (χ2v) is 7.58. The number of hydrogen-bond donors (Lipinski definition) is 2. The summed E-state index contributed by atoms with van der Waals surface area (Å²) in [4.78, 5) is 12.0. The fourth-order valence-electron chi connectivity index (χ4n) is 2.32. The maximum atomic E-state index is 11.9. The summed E-state index contributed by atoms with van der Waals surface area (Å²) in [6.07, 6.45) is 3.03. The Morgan fingerprint density at radius 2 is 1.81 bits per heavy atom. The predicted octanol–water partition coefficient (Wildman–Crippen LogP) is 2.50. The zero-order chi connectivity index (χ0) is 19.7. The van der Waals surface area contributed by atoms with Gasteiger partial charge in [0.1, 0.15) is 12.4 Å². The van der Waals surface area contributed by atoms with E-state index in [0.29, 0.717) is 19.7 Å². The molecule has 0 bridgehead atoms. The summed E-state index contributed by atoms with van der Waals surface area (Å²) in [6.45, 7) is 4.78. The van der Waals surface area contributed by atoms with Crippen molar-refractivity contribution >= 4 is 22.0 Å². The van der Waals surface area contributed by atoms with Crippen molar-refractivity contribution in [3.05, 3.63) is 65.7 Å². The number of nitrogens with one attached hydrogen (secondary N) is 2. The van der Waals surface area contributed by atoms with Gasteiger partial charge in [-0.3, -0.25) is 4.79 Å². The van der Waals surface area contributed by atoms with Crippen LogP contribution in [-0.4, -0.2) is 34.0 Å². The molecule has 2 rings (SSSR count). The van der Waals surface area contributed by atoms with E-state index in [4.69, 9.17) is 4.74 Å². The van der Waals surface area contributed by atoms with Gasteiger partial charge in [-0.05, 0) is 42.3 Å². The van der Waals surface area contributed by atoms with E-state index in [9.17, 15) is 13.2 Å². The average Bonchev–Trinajstić information content (AvgIpc) is 2.65. The van der Waals surface area contributed by atoms with Gasteiger partial charge in [0.2, 0.25) is 15.9 Å². The van der Waals surface area contributed by atoms with Crippen LogP contribution < -0.4 is 14.8 Å². The van der Waals surface area contributed by atoms with Crippen molar-refractivity contribution in [3.8, 4) is 5.75 Å². The lowest BCUT2D eigenvalue weighted by Crippen LogP contribution is -2.26. The summed E-state index contributed by atoms with van der Waals surface area (Å²) < 4.78 is 31.8. The second kappa shape index (κ2) is 9.89. The molecule has 0 aliphatic carbocycles. The number of carbonyl (C=O) groups excluding carboxylic acids is 1. The lowest BCUT2D eigenvalue weighted by Gasteiger charge is -2.08. The van der Waals surface area contributed by atoms with E-state index in [2.05, 4.69) is 10.0 Å². The third-order valence-corrected chi connectivity index (χ3v) is 5.27. The first kappa shape index (κ1) is 20.7. The molecule has 2 N–H and O–H groups in total. The summed E-state index contributed by atoms with van der Waals surface area (Å²) in [5.74, 6) is 0.558. The van der Waals surface area contributed by atoms with Gasteiger partial charge in [0, 0.05) is 12.6 Å². The molecule has 0 atom stereocenters. The fraction of sp³-hybridized carbons (Fsp3) is 0.250. The van der Waals surface area contributed by atoms with Gasteiger partial charge in [-0.15, -0.1) is 0 Å². The Morgan fingerprint density at radius 3 is 2.48 bits per heavy atom. The lowest BCUT2D eigenvalue weighted by atomic mass is 10.2. The van der Waals surface area contributed by atoms with Gasteiger partial charge >= 0.3 is 0 Å². The maximum absolute atomic E-state index is 11.9. The molecule has 0 aromatic heterocycles. The molecule has 2 aromatic carbocycles. The van der Waals surface area contributed by atoms with Gasteiger partial charge in [0.05, 0.1) is 11.4 Å². The minimum absolute atomic E-state index is 0.194. The number of amides is 1. The largest absolute Gasteiger partial charge is 0.491 e. The molecule has 0 unspecified atom stereocenters. The van der Waals surface area contributed by atoms with E-state index < -0.39 is 10.0 Å². The normalized spacial score (nSPS) is 11.5. The van der Waals surface area contributed by atoms with Crippen LogP contribution in [0.25, 0.3) is 6.08 Å². The SMILES string of the molecule is CCNS(=O)(=O)c1ccc(/C=C/C(=O)NCCOc2ccccc2C)cc1. The van der Waals surface area contributed by atoms with Crippen LogP contribution in [0.1, 0.15) is 18.1 Å². The first-order valence-corrected chi connectivity index (χ1v) is 10.1. The standard InChI is InChI=1S/C20H24N2O4S/c1-3-22-27(24,25)18-11-8-17(9-12-18)10-13-20(23)21-14-15-26-19-7-5-4-6-16(19)2/h4-13,22H,3,14-15H2,1-2H3,(H,21,23)/b13-10+. The molecule has 0 saturated heterocycles. The molecule has 6 nitrogen and oxygen atoms in total. The van der Waals surface area contributed by atoms with Crippen molar-refractivity contribution in [3.63, 3.8) is 0 Å². The Kier molecular flexibility index (Phi) is 7.57. The molecule has 0 heterocycles. The molecule has 0 aliphatic heterocycles. The van der Waals surface area contributed by atoms with Crippen molar-refractivity contribution in [2.75, 3.05) is 19.7 Å². The topological polar surface area (TPSA) is 84.5 Å². The molecule has 2 aromatic rings. The molecular weight excluding hydrogens is 364 g/mol. The third-order valence-electron chi connectivity index (χ3n) is 3.70. The van der Waals surface area contributed by atoms with Crippen LogP contribution in [0.5, 0.6) is 5.75 Å². The molecule has 144 valence electrons. The minimum Gasteiger partial charge on any atom is -0.491 e. The van der Waals surface area contributed by atoms with Crippen molar-refractivity contribution < 1.29 is 17.9 Å². The quantitative estimate of drug-likeness (QED) is 0.511. The molecule has 0 aliphatic rings. The van der Waals surface area contributed by atoms with Gasteiger partial charge in [-0.25, -0.2) is 13.1 Å². The van der Waals surface area contributed by atoms with E-state index in [0.717, 1.165) is 16.9 Å². The monoisotopic (exact) mass is 388 g/mol. The zero-order valence-corrected chi connectivity index (χ0v) is 16.3. The number of aryl methyl sites for hydroxylation is 1. The van der Waals surface area contributed by atoms with Crippen molar-refractivity contribution in [1.29, 1.82) is 0 Å². The van der Waals surface area contributed by atoms with Gasteiger partial charge < -0.3 is 10.1 Å². The highest BCUT2D eigenvalue weighted by Crippen LogP contribution is 2.15. The lowest BCUT2D eigenvalue weighted by molar-refractivity contribution is -0.116. The summed E-state index contributed by atoms with van der Waals surface area (Å²) in [7, 11) is -3.47. The van der Waals surface area contributed by atoms with Gasteiger partial charge in [0.15, 0.2) is 0 Å². The van der Waals surface area contributed by atoms with Crippen LogP contribution in [0, 0.1) is 6.92 Å². The molecule has 7 heteroatoms. The van der Waals surface area contributed by atoms with Crippen LogP contribution >= 0.6 is 0 Å². The Labute approximate surface area is 160 Å². The van der Waals surface area contributed by atoms with Crippen LogP contribution in [0.15, 0.2) is 59.5 Å². The Hall–Kier alpha value is -2.64.